The molecule has 1 aliphatic heterocycles. The van der Waals surface area contributed by atoms with Gasteiger partial charge in [-0.25, -0.2) is 24.3 Å². The molecular formula is C25H28N8O2. The standard InChI is InChI=1S/C25H28N8O2/c1-4-5-13-32-22-21(29-25(32)31-12-8-9-17(26)14-31)23(34)30(3)33(24(22)35)15-20-27-16(2)18-10-6-7-11-19(18)28-20/h6-7,10-11,17H,8-9,12-15,26H2,1-3H3. The first-order chi connectivity index (χ1) is 16.9. The molecule has 1 saturated heterocycles. The molecule has 1 unspecified atom stereocenters. The van der Waals surface area contributed by atoms with Crippen LogP contribution >= 0.6 is 0 Å². The van der Waals surface area contributed by atoms with E-state index < -0.39 is 0 Å². The van der Waals surface area contributed by atoms with Gasteiger partial charge >= 0.3 is 0 Å². The number of hydrogen-bond donors (Lipinski definition) is 1. The smallest absolute Gasteiger partial charge is 0.293 e. The van der Waals surface area contributed by atoms with Gasteiger partial charge in [-0.15, -0.1) is 5.92 Å². The minimum atomic E-state index is -0.358. The first-order valence-electron chi connectivity index (χ1n) is 11.7. The molecule has 180 valence electrons. The zero-order valence-corrected chi connectivity index (χ0v) is 20.2. The van der Waals surface area contributed by atoms with Gasteiger partial charge in [-0.05, 0) is 32.8 Å². The van der Waals surface area contributed by atoms with E-state index in [4.69, 9.17) is 5.73 Å². The summed E-state index contributed by atoms with van der Waals surface area (Å²) >= 11 is 0. The number of fused-ring (bicyclic) bond motifs is 2. The second-order valence-corrected chi connectivity index (χ2v) is 8.90. The lowest BCUT2D eigenvalue weighted by atomic mass is 10.1. The van der Waals surface area contributed by atoms with Crippen LogP contribution < -0.4 is 21.8 Å². The number of nitrogens with two attached hydrogens (primary N) is 1. The summed E-state index contributed by atoms with van der Waals surface area (Å²) in [6.45, 7) is 5.33. The monoisotopic (exact) mass is 472 g/mol. The van der Waals surface area contributed by atoms with Gasteiger partial charge in [-0.1, -0.05) is 24.1 Å². The molecule has 0 saturated carbocycles. The van der Waals surface area contributed by atoms with Crippen LogP contribution in [0.5, 0.6) is 0 Å². The lowest BCUT2D eigenvalue weighted by Crippen LogP contribution is -2.44. The number of hydrogen-bond acceptors (Lipinski definition) is 7. The molecule has 4 heterocycles. The lowest BCUT2D eigenvalue weighted by molar-refractivity contribution is 0.490. The summed E-state index contributed by atoms with van der Waals surface area (Å²) in [6.07, 6.45) is 1.86. The molecule has 10 heteroatoms. The summed E-state index contributed by atoms with van der Waals surface area (Å²) in [6, 6.07) is 7.74. The number of aromatic nitrogens is 6. The molecule has 0 aliphatic carbocycles. The number of imidazole rings is 1. The minimum absolute atomic E-state index is 0.0158. The number of anilines is 1. The van der Waals surface area contributed by atoms with Crippen molar-refractivity contribution in [2.75, 3.05) is 18.0 Å². The van der Waals surface area contributed by atoms with Crippen molar-refractivity contribution < 1.29 is 0 Å². The number of piperidine rings is 1. The quantitative estimate of drug-likeness (QED) is 0.443. The van der Waals surface area contributed by atoms with Crippen molar-refractivity contribution >= 4 is 27.9 Å². The van der Waals surface area contributed by atoms with Gasteiger partial charge in [-0.3, -0.25) is 14.2 Å². The van der Waals surface area contributed by atoms with Gasteiger partial charge in [0.25, 0.3) is 11.1 Å². The highest BCUT2D eigenvalue weighted by Crippen LogP contribution is 2.22. The van der Waals surface area contributed by atoms with E-state index in [2.05, 4.69) is 26.8 Å². The molecule has 2 N–H and O–H groups in total. The predicted octanol–water partition coefficient (Wildman–Crippen LogP) is 1.15. The maximum atomic E-state index is 13.8. The van der Waals surface area contributed by atoms with Crippen LogP contribution in [0.3, 0.4) is 0 Å². The van der Waals surface area contributed by atoms with Crippen molar-refractivity contribution in [2.24, 2.45) is 12.8 Å². The van der Waals surface area contributed by atoms with Crippen LogP contribution in [0.25, 0.3) is 21.9 Å². The van der Waals surface area contributed by atoms with Gasteiger partial charge in [-0.2, -0.15) is 0 Å². The molecule has 1 atom stereocenters. The van der Waals surface area contributed by atoms with Crippen molar-refractivity contribution in [3.05, 3.63) is 56.5 Å². The van der Waals surface area contributed by atoms with E-state index in [-0.39, 0.29) is 41.3 Å². The zero-order chi connectivity index (χ0) is 24.7. The van der Waals surface area contributed by atoms with Gasteiger partial charge in [0.15, 0.2) is 11.3 Å². The Balaban J connectivity index is 1.69. The van der Waals surface area contributed by atoms with Gasteiger partial charge in [0.2, 0.25) is 5.95 Å². The molecule has 1 fully saturated rings. The van der Waals surface area contributed by atoms with E-state index in [0.717, 1.165) is 36.0 Å². The maximum absolute atomic E-state index is 13.8. The summed E-state index contributed by atoms with van der Waals surface area (Å²) in [5.41, 5.74) is 7.49. The van der Waals surface area contributed by atoms with Gasteiger partial charge in [0, 0.05) is 37.3 Å². The molecule has 0 radical (unpaired) electrons. The summed E-state index contributed by atoms with van der Waals surface area (Å²) in [5.74, 6) is 6.92. The van der Waals surface area contributed by atoms with E-state index >= 15 is 0 Å². The Bertz CT molecular complexity index is 1620. The van der Waals surface area contributed by atoms with E-state index in [9.17, 15) is 9.59 Å². The Morgan fingerprint density at radius 2 is 1.94 bits per heavy atom. The van der Waals surface area contributed by atoms with Crippen LogP contribution in [-0.2, 0) is 20.1 Å². The highest BCUT2D eigenvalue weighted by Gasteiger charge is 2.26. The van der Waals surface area contributed by atoms with E-state index in [1.54, 1.807) is 18.5 Å². The van der Waals surface area contributed by atoms with Crippen molar-refractivity contribution in [3.8, 4) is 11.8 Å². The topological polar surface area (TPSA) is 117 Å². The Morgan fingerprint density at radius 3 is 2.71 bits per heavy atom. The molecule has 35 heavy (non-hydrogen) atoms. The van der Waals surface area contributed by atoms with Crippen LogP contribution in [0, 0.1) is 18.8 Å². The predicted molar refractivity (Wildman–Crippen MR) is 135 cm³/mol. The molecule has 4 aromatic rings. The highest BCUT2D eigenvalue weighted by atomic mass is 16.2. The lowest BCUT2D eigenvalue weighted by Gasteiger charge is -2.31. The zero-order valence-electron chi connectivity index (χ0n) is 20.2. The van der Waals surface area contributed by atoms with E-state index in [0.29, 0.717) is 18.3 Å². The molecule has 3 aromatic heterocycles. The summed E-state index contributed by atoms with van der Waals surface area (Å²) in [7, 11) is 1.57. The minimum Gasteiger partial charge on any atom is -0.341 e. The first kappa shape index (κ1) is 22.8. The van der Waals surface area contributed by atoms with Crippen LogP contribution in [-0.4, -0.2) is 48.0 Å². The molecule has 0 spiro atoms. The second kappa shape index (κ2) is 9.00. The Hall–Kier alpha value is -3.97. The van der Waals surface area contributed by atoms with Gasteiger partial charge < -0.3 is 10.6 Å². The van der Waals surface area contributed by atoms with Crippen LogP contribution in [0.2, 0.25) is 0 Å². The molecule has 0 amide bonds. The highest BCUT2D eigenvalue weighted by molar-refractivity contribution is 5.80. The molecule has 1 aliphatic rings. The SMILES string of the molecule is CC#CCn1c(N2CCCC(N)C2)nc2c(=O)n(C)n(Cc3nc(C)c4ccccc4n3)c(=O)c21. The fourth-order valence-electron chi connectivity index (χ4n) is 4.75. The van der Waals surface area contributed by atoms with Crippen molar-refractivity contribution in [1.82, 2.24) is 28.9 Å². The average Bonchev–Trinajstić information content (AvgIpc) is 3.24. The van der Waals surface area contributed by atoms with Crippen LogP contribution in [0.4, 0.5) is 5.95 Å². The Kier molecular flexibility index (Phi) is 5.86. The molecule has 10 nitrogen and oxygen atoms in total. The number of aryl methyl sites for hydroxylation is 1. The maximum Gasteiger partial charge on any atom is 0.293 e. The van der Waals surface area contributed by atoms with Crippen molar-refractivity contribution in [2.45, 2.75) is 45.8 Å². The third-order valence-electron chi connectivity index (χ3n) is 6.53. The molecule has 5 rings (SSSR count). The summed E-state index contributed by atoms with van der Waals surface area (Å²) in [4.78, 5) is 43.1. The largest absolute Gasteiger partial charge is 0.341 e. The fourth-order valence-corrected chi connectivity index (χ4v) is 4.75. The molecule has 1 aromatic carbocycles. The molecular weight excluding hydrogens is 444 g/mol. The third-order valence-corrected chi connectivity index (χ3v) is 6.53. The number of para-hydroxylation sites is 1. The normalized spacial score (nSPS) is 16.0. The van der Waals surface area contributed by atoms with E-state index in [1.165, 1.54) is 9.36 Å². The van der Waals surface area contributed by atoms with Gasteiger partial charge in [0.05, 0.1) is 12.1 Å². The second-order valence-electron chi connectivity index (χ2n) is 8.90. The van der Waals surface area contributed by atoms with Crippen LogP contribution in [0.1, 0.15) is 31.3 Å². The fraction of sp³-hybridized carbons (Fsp3) is 0.400. The Labute approximate surface area is 202 Å². The number of rotatable bonds is 4. The third kappa shape index (κ3) is 3.98. The van der Waals surface area contributed by atoms with Crippen molar-refractivity contribution in [1.29, 1.82) is 0 Å². The first-order valence-corrected chi connectivity index (χ1v) is 11.7. The average molecular weight is 473 g/mol. The number of benzene rings is 1. The number of nitrogens with zero attached hydrogens (tertiary/aromatic N) is 7. The van der Waals surface area contributed by atoms with Gasteiger partial charge in [0.1, 0.15) is 12.1 Å². The van der Waals surface area contributed by atoms with Crippen molar-refractivity contribution in [3.63, 3.8) is 0 Å². The molecule has 0 bridgehead atoms. The summed E-state index contributed by atoms with van der Waals surface area (Å²) < 4.78 is 4.42. The summed E-state index contributed by atoms with van der Waals surface area (Å²) in [5, 5.41) is 0.952. The van der Waals surface area contributed by atoms with Crippen LogP contribution in [0.15, 0.2) is 33.9 Å². The van der Waals surface area contributed by atoms with E-state index in [1.807, 2.05) is 36.1 Å². The Morgan fingerprint density at radius 1 is 1.14 bits per heavy atom.